The lowest BCUT2D eigenvalue weighted by atomic mass is 10.3. The molecule has 2 aromatic heterocycles. The Balaban J connectivity index is 1.25. The highest BCUT2D eigenvalue weighted by Crippen LogP contribution is 2.18. The largest absolute Gasteiger partial charge is 0.357 e. The first-order valence-electron chi connectivity index (χ1n) is 11.0. The lowest BCUT2D eigenvalue weighted by Crippen LogP contribution is -2.54. The van der Waals surface area contributed by atoms with Crippen LogP contribution in [-0.4, -0.2) is 88.6 Å². The Hall–Kier alpha value is -3.01. The average molecular weight is 427 g/mol. The number of hydrogen-bond acceptors (Lipinski definition) is 7. The van der Waals surface area contributed by atoms with Crippen LogP contribution in [0.2, 0.25) is 0 Å². The van der Waals surface area contributed by atoms with E-state index in [4.69, 9.17) is 9.52 Å². The second-order valence-electron chi connectivity index (χ2n) is 7.82. The maximum atomic E-state index is 12.0. The minimum absolute atomic E-state index is 0.140. The number of aliphatic imine (C=N–C) groups is 1. The Kier molecular flexibility index (Phi) is 7.08. The van der Waals surface area contributed by atoms with Crippen LogP contribution >= 0.6 is 0 Å². The van der Waals surface area contributed by atoms with Gasteiger partial charge < -0.3 is 20.1 Å². The number of guanidine groups is 1. The van der Waals surface area contributed by atoms with Crippen LogP contribution < -0.4 is 10.6 Å². The molecule has 1 amide bonds. The zero-order valence-corrected chi connectivity index (χ0v) is 18.0. The van der Waals surface area contributed by atoms with E-state index < -0.39 is 0 Å². The van der Waals surface area contributed by atoms with Gasteiger partial charge in [0.2, 0.25) is 5.91 Å². The normalized spacial score (nSPS) is 17.6. The number of hydrogen-bond donors (Lipinski definition) is 2. The molecule has 1 saturated heterocycles. The fourth-order valence-corrected chi connectivity index (χ4v) is 3.46. The van der Waals surface area contributed by atoms with Crippen molar-refractivity contribution in [2.45, 2.75) is 32.2 Å². The molecule has 31 heavy (non-hydrogen) atoms. The highest BCUT2D eigenvalue weighted by atomic mass is 16.5. The molecule has 0 atom stereocenters. The van der Waals surface area contributed by atoms with Gasteiger partial charge in [-0.2, -0.15) is 4.98 Å². The number of aromatic nitrogens is 3. The highest BCUT2D eigenvalue weighted by molar-refractivity contribution is 5.80. The van der Waals surface area contributed by atoms with E-state index in [0.29, 0.717) is 43.0 Å². The SMILES string of the molecule is CCNC(=NCCc1noc(-c2ccccn2)n1)N1CCN(CC(=O)NC2CC2)CC1. The van der Waals surface area contributed by atoms with Crippen molar-refractivity contribution >= 4 is 11.9 Å². The molecule has 0 spiro atoms. The maximum absolute atomic E-state index is 12.0. The second kappa shape index (κ2) is 10.3. The maximum Gasteiger partial charge on any atom is 0.276 e. The van der Waals surface area contributed by atoms with Crippen molar-refractivity contribution in [2.24, 2.45) is 4.99 Å². The van der Waals surface area contributed by atoms with Crippen LogP contribution in [0.3, 0.4) is 0 Å². The van der Waals surface area contributed by atoms with Gasteiger partial charge in [-0.3, -0.25) is 19.7 Å². The van der Waals surface area contributed by atoms with Gasteiger partial charge in [-0.25, -0.2) is 0 Å². The van der Waals surface area contributed by atoms with E-state index in [1.54, 1.807) is 6.20 Å². The van der Waals surface area contributed by atoms with Crippen molar-refractivity contribution in [3.8, 4) is 11.6 Å². The Bertz CT molecular complexity index is 873. The van der Waals surface area contributed by atoms with Crippen LogP contribution in [0.15, 0.2) is 33.9 Å². The number of nitrogens with zero attached hydrogens (tertiary/aromatic N) is 6. The van der Waals surface area contributed by atoms with Crippen molar-refractivity contribution < 1.29 is 9.32 Å². The van der Waals surface area contributed by atoms with Gasteiger partial charge in [0.25, 0.3) is 5.89 Å². The number of nitrogens with one attached hydrogen (secondary N) is 2. The lowest BCUT2D eigenvalue weighted by molar-refractivity contribution is -0.122. The molecule has 166 valence electrons. The van der Waals surface area contributed by atoms with Gasteiger partial charge in [0, 0.05) is 57.9 Å². The smallest absolute Gasteiger partial charge is 0.276 e. The van der Waals surface area contributed by atoms with E-state index in [9.17, 15) is 4.79 Å². The second-order valence-corrected chi connectivity index (χ2v) is 7.82. The molecule has 0 unspecified atom stereocenters. The molecule has 2 fully saturated rings. The molecule has 0 bridgehead atoms. The molecule has 0 aromatic carbocycles. The molecule has 1 aliphatic carbocycles. The van der Waals surface area contributed by atoms with Gasteiger partial charge in [0.1, 0.15) is 5.69 Å². The molecule has 3 heterocycles. The summed E-state index contributed by atoms with van der Waals surface area (Å²) in [4.78, 5) is 29.9. The van der Waals surface area contributed by atoms with Crippen LogP contribution in [-0.2, 0) is 11.2 Å². The van der Waals surface area contributed by atoms with E-state index in [1.807, 2.05) is 18.2 Å². The molecule has 2 N–H and O–H groups in total. The Labute approximate surface area is 182 Å². The Morgan fingerprint density at radius 2 is 2.10 bits per heavy atom. The van der Waals surface area contributed by atoms with E-state index in [2.05, 4.69) is 42.5 Å². The summed E-state index contributed by atoms with van der Waals surface area (Å²) in [6.07, 6.45) is 4.53. The summed E-state index contributed by atoms with van der Waals surface area (Å²) in [6.45, 7) is 7.29. The fourth-order valence-electron chi connectivity index (χ4n) is 3.46. The van der Waals surface area contributed by atoms with Crippen LogP contribution in [0, 0.1) is 0 Å². The molecule has 2 aliphatic rings. The van der Waals surface area contributed by atoms with Gasteiger partial charge in [0.05, 0.1) is 6.54 Å². The van der Waals surface area contributed by atoms with Gasteiger partial charge in [-0.05, 0) is 31.9 Å². The van der Waals surface area contributed by atoms with Gasteiger partial charge in [-0.15, -0.1) is 0 Å². The summed E-state index contributed by atoms with van der Waals surface area (Å²) < 4.78 is 5.31. The molecule has 1 aliphatic heterocycles. The molecule has 0 radical (unpaired) electrons. The van der Waals surface area contributed by atoms with Crippen molar-refractivity contribution in [1.29, 1.82) is 0 Å². The molecule has 10 nitrogen and oxygen atoms in total. The number of rotatable bonds is 8. The predicted octanol–water partition coefficient (Wildman–Crippen LogP) is 0.536. The zero-order valence-electron chi connectivity index (χ0n) is 18.0. The Morgan fingerprint density at radius 1 is 1.26 bits per heavy atom. The van der Waals surface area contributed by atoms with Crippen LogP contribution in [0.1, 0.15) is 25.6 Å². The van der Waals surface area contributed by atoms with Gasteiger partial charge in [0.15, 0.2) is 11.8 Å². The van der Waals surface area contributed by atoms with E-state index >= 15 is 0 Å². The Morgan fingerprint density at radius 3 is 2.81 bits per heavy atom. The quantitative estimate of drug-likeness (QED) is 0.465. The number of carbonyl (C=O) groups excluding carboxylic acids is 1. The fraction of sp³-hybridized carbons (Fsp3) is 0.571. The minimum atomic E-state index is 0.140. The summed E-state index contributed by atoms with van der Waals surface area (Å²) in [6, 6.07) is 5.99. The first kappa shape index (κ1) is 21.2. The topological polar surface area (TPSA) is 112 Å². The number of pyridine rings is 1. The number of amides is 1. The highest BCUT2D eigenvalue weighted by Gasteiger charge is 2.25. The van der Waals surface area contributed by atoms with E-state index in [0.717, 1.165) is 51.5 Å². The summed E-state index contributed by atoms with van der Waals surface area (Å²) in [7, 11) is 0. The third-order valence-electron chi connectivity index (χ3n) is 5.27. The molecule has 2 aromatic rings. The third-order valence-corrected chi connectivity index (χ3v) is 5.27. The standard InChI is InChI=1S/C21H30N8O2/c1-2-22-21(29-13-11-28(12-14-29)15-19(30)25-16-6-7-16)24-10-8-18-26-20(31-27-18)17-5-3-4-9-23-17/h3-5,9,16H,2,6-8,10-15H2,1H3,(H,22,24)(H,25,30). The lowest BCUT2D eigenvalue weighted by Gasteiger charge is -2.36. The molecule has 10 heteroatoms. The van der Waals surface area contributed by atoms with Crippen LogP contribution in [0.25, 0.3) is 11.6 Å². The van der Waals surface area contributed by atoms with Crippen molar-refractivity contribution in [1.82, 2.24) is 35.6 Å². The molecule has 4 rings (SSSR count). The summed E-state index contributed by atoms with van der Waals surface area (Å²) in [5.41, 5.74) is 0.668. The van der Waals surface area contributed by atoms with Crippen molar-refractivity contribution in [3.05, 3.63) is 30.2 Å². The molecular formula is C21H30N8O2. The minimum Gasteiger partial charge on any atom is -0.357 e. The van der Waals surface area contributed by atoms with Crippen molar-refractivity contribution in [3.63, 3.8) is 0 Å². The summed E-state index contributed by atoms with van der Waals surface area (Å²) >= 11 is 0. The summed E-state index contributed by atoms with van der Waals surface area (Å²) in [5.74, 6) is 2.07. The first-order valence-corrected chi connectivity index (χ1v) is 11.0. The average Bonchev–Trinajstić information content (AvgIpc) is 3.47. The van der Waals surface area contributed by atoms with Gasteiger partial charge >= 0.3 is 0 Å². The number of piperazine rings is 1. The molecular weight excluding hydrogens is 396 g/mol. The van der Waals surface area contributed by atoms with Crippen LogP contribution in [0.5, 0.6) is 0 Å². The van der Waals surface area contributed by atoms with E-state index in [1.165, 1.54) is 0 Å². The van der Waals surface area contributed by atoms with E-state index in [-0.39, 0.29) is 5.91 Å². The third kappa shape index (κ3) is 6.24. The number of carbonyl (C=O) groups is 1. The summed E-state index contributed by atoms with van der Waals surface area (Å²) in [5, 5.41) is 10.5. The first-order chi connectivity index (χ1) is 15.2. The predicted molar refractivity (Wildman–Crippen MR) is 116 cm³/mol. The monoisotopic (exact) mass is 426 g/mol. The van der Waals surface area contributed by atoms with Crippen molar-refractivity contribution in [2.75, 3.05) is 45.8 Å². The van der Waals surface area contributed by atoms with Crippen LogP contribution in [0.4, 0.5) is 0 Å². The van der Waals surface area contributed by atoms with Gasteiger partial charge in [-0.1, -0.05) is 11.2 Å². The zero-order chi connectivity index (χ0) is 21.5. The molecule has 1 saturated carbocycles.